The smallest absolute Gasteiger partial charge is 0.336 e. The molecule has 2 atom stereocenters. The van der Waals surface area contributed by atoms with E-state index in [0.29, 0.717) is 17.2 Å². The third kappa shape index (κ3) is 2.27. The maximum absolute atomic E-state index is 11.0. The molecule has 0 aromatic heterocycles. The van der Waals surface area contributed by atoms with Gasteiger partial charge in [0, 0.05) is 23.4 Å². The number of nitro benzene ring substituents is 1. The Morgan fingerprint density at radius 3 is 2.61 bits per heavy atom. The van der Waals surface area contributed by atoms with Crippen LogP contribution in [0.5, 0.6) is 0 Å². The fourth-order valence-corrected chi connectivity index (χ4v) is 1.88. The van der Waals surface area contributed by atoms with Crippen molar-refractivity contribution in [2.75, 3.05) is 5.32 Å². The minimum atomic E-state index is -1.16. The molecule has 0 radical (unpaired) electrons. The average Bonchev–Trinajstić information content (AvgIpc) is 2.96. The average molecular weight is 250 g/mol. The number of hydrogen-bond acceptors (Lipinski definition) is 4. The highest BCUT2D eigenvalue weighted by Gasteiger charge is 2.33. The van der Waals surface area contributed by atoms with Crippen LogP contribution in [0.4, 0.5) is 11.4 Å². The molecule has 2 rings (SSSR count). The molecule has 96 valence electrons. The Balaban J connectivity index is 2.42. The van der Waals surface area contributed by atoms with E-state index in [1.807, 2.05) is 0 Å². The van der Waals surface area contributed by atoms with Crippen molar-refractivity contribution in [3.8, 4) is 0 Å². The number of nitro groups is 1. The predicted octanol–water partition coefficient (Wildman–Crippen LogP) is 2.42. The molecule has 0 saturated heterocycles. The van der Waals surface area contributed by atoms with Crippen molar-refractivity contribution >= 4 is 17.3 Å². The highest BCUT2D eigenvalue weighted by atomic mass is 16.6. The Kier molecular flexibility index (Phi) is 2.94. The number of carboxylic acid groups (broad SMARTS) is 1. The summed E-state index contributed by atoms with van der Waals surface area (Å²) in [5.74, 6) is -0.637. The SMILES string of the molecule is Cc1c(NC2CC2C)cc(C(=O)O)cc1[N+](=O)[O-]. The van der Waals surface area contributed by atoms with Gasteiger partial charge < -0.3 is 10.4 Å². The Bertz CT molecular complexity index is 527. The molecule has 1 aromatic carbocycles. The molecule has 1 fully saturated rings. The Labute approximate surface area is 104 Å². The quantitative estimate of drug-likeness (QED) is 0.632. The zero-order valence-corrected chi connectivity index (χ0v) is 10.1. The van der Waals surface area contributed by atoms with Gasteiger partial charge in [0.1, 0.15) is 0 Å². The first-order chi connectivity index (χ1) is 8.40. The summed E-state index contributed by atoms with van der Waals surface area (Å²) in [6, 6.07) is 2.84. The summed E-state index contributed by atoms with van der Waals surface area (Å²) in [7, 11) is 0. The van der Waals surface area contributed by atoms with Crippen LogP contribution in [0.3, 0.4) is 0 Å². The molecule has 0 bridgehead atoms. The molecule has 18 heavy (non-hydrogen) atoms. The second-order valence-electron chi connectivity index (χ2n) is 4.69. The third-order valence-corrected chi connectivity index (χ3v) is 3.27. The summed E-state index contributed by atoms with van der Waals surface area (Å²) in [6.07, 6.45) is 1.00. The van der Waals surface area contributed by atoms with Gasteiger partial charge in [0.05, 0.1) is 10.5 Å². The first-order valence-corrected chi connectivity index (χ1v) is 5.69. The van der Waals surface area contributed by atoms with Crippen LogP contribution in [-0.4, -0.2) is 22.0 Å². The molecular formula is C12H14N2O4. The topological polar surface area (TPSA) is 92.5 Å². The lowest BCUT2D eigenvalue weighted by Crippen LogP contribution is -2.08. The van der Waals surface area contributed by atoms with Gasteiger partial charge in [-0.1, -0.05) is 6.92 Å². The standard InChI is InChI=1S/C12H14N2O4/c1-6-3-9(6)13-10-4-8(12(15)16)5-11(7(10)2)14(17)18/h4-6,9,13H,3H2,1-2H3,(H,15,16). The van der Waals surface area contributed by atoms with Gasteiger partial charge >= 0.3 is 5.97 Å². The first kappa shape index (κ1) is 12.3. The summed E-state index contributed by atoms with van der Waals surface area (Å²) in [5.41, 5.74) is 0.786. The highest BCUT2D eigenvalue weighted by molar-refractivity contribution is 5.90. The van der Waals surface area contributed by atoms with E-state index in [-0.39, 0.29) is 17.3 Å². The number of hydrogen-bond donors (Lipinski definition) is 2. The highest BCUT2D eigenvalue weighted by Crippen LogP contribution is 2.36. The monoisotopic (exact) mass is 250 g/mol. The fourth-order valence-electron chi connectivity index (χ4n) is 1.88. The second kappa shape index (κ2) is 4.29. The number of nitrogens with zero attached hydrogens (tertiary/aromatic N) is 1. The van der Waals surface area contributed by atoms with Crippen LogP contribution in [0.1, 0.15) is 29.3 Å². The molecule has 1 aliphatic carbocycles. The Hall–Kier alpha value is -2.11. The summed E-state index contributed by atoms with van der Waals surface area (Å²) in [4.78, 5) is 21.3. The number of anilines is 1. The zero-order valence-electron chi connectivity index (χ0n) is 10.1. The van der Waals surface area contributed by atoms with Crippen molar-refractivity contribution in [1.82, 2.24) is 0 Å². The van der Waals surface area contributed by atoms with E-state index in [4.69, 9.17) is 5.11 Å². The number of rotatable bonds is 4. The van der Waals surface area contributed by atoms with E-state index in [1.165, 1.54) is 6.07 Å². The van der Waals surface area contributed by atoms with E-state index >= 15 is 0 Å². The summed E-state index contributed by atoms with van der Waals surface area (Å²) >= 11 is 0. The van der Waals surface area contributed by atoms with Gasteiger partial charge in [0.2, 0.25) is 0 Å². The van der Waals surface area contributed by atoms with Crippen LogP contribution >= 0.6 is 0 Å². The molecule has 1 saturated carbocycles. The minimum absolute atomic E-state index is 0.0666. The van der Waals surface area contributed by atoms with Crippen LogP contribution in [0.25, 0.3) is 0 Å². The molecule has 1 aliphatic rings. The largest absolute Gasteiger partial charge is 0.478 e. The second-order valence-corrected chi connectivity index (χ2v) is 4.69. The van der Waals surface area contributed by atoms with Gasteiger partial charge in [-0.15, -0.1) is 0 Å². The predicted molar refractivity (Wildman–Crippen MR) is 66.0 cm³/mol. The van der Waals surface area contributed by atoms with Crippen LogP contribution in [-0.2, 0) is 0 Å². The molecule has 2 N–H and O–H groups in total. The van der Waals surface area contributed by atoms with Gasteiger partial charge in [-0.3, -0.25) is 10.1 Å². The molecule has 0 heterocycles. The van der Waals surface area contributed by atoms with Crippen molar-refractivity contribution in [2.45, 2.75) is 26.3 Å². The van der Waals surface area contributed by atoms with Crippen LogP contribution < -0.4 is 5.32 Å². The normalized spacial score (nSPS) is 21.4. The number of carboxylic acids is 1. The summed E-state index contributed by atoms with van der Waals surface area (Å²) in [6.45, 7) is 3.70. The first-order valence-electron chi connectivity index (χ1n) is 5.69. The molecule has 0 spiro atoms. The molecule has 0 aliphatic heterocycles. The number of benzene rings is 1. The number of aromatic carboxylic acids is 1. The maximum atomic E-state index is 11.0. The lowest BCUT2D eigenvalue weighted by Gasteiger charge is -2.10. The van der Waals surface area contributed by atoms with Crippen LogP contribution in [0, 0.1) is 23.0 Å². The maximum Gasteiger partial charge on any atom is 0.336 e. The van der Waals surface area contributed by atoms with Crippen LogP contribution in [0.15, 0.2) is 12.1 Å². The molecule has 2 unspecified atom stereocenters. The molecule has 0 amide bonds. The van der Waals surface area contributed by atoms with Gasteiger partial charge in [-0.05, 0) is 25.3 Å². The van der Waals surface area contributed by atoms with E-state index in [0.717, 1.165) is 12.5 Å². The Morgan fingerprint density at radius 1 is 1.56 bits per heavy atom. The van der Waals surface area contributed by atoms with Crippen molar-refractivity contribution < 1.29 is 14.8 Å². The number of nitrogens with one attached hydrogen (secondary N) is 1. The van der Waals surface area contributed by atoms with Gasteiger partial charge in [-0.25, -0.2) is 4.79 Å². The van der Waals surface area contributed by atoms with E-state index in [2.05, 4.69) is 12.2 Å². The molecule has 6 nitrogen and oxygen atoms in total. The van der Waals surface area contributed by atoms with Crippen molar-refractivity contribution in [2.24, 2.45) is 5.92 Å². The molecule has 1 aromatic rings. The van der Waals surface area contributed by atoms with E-state index in [9.17, 15) is 14.9 Å². The lowest BCUT2D eigenvalue weighted by molar-refractivity contribution is -0.385. The van der Waals surface area contributed by atoms with E-state index in [1.54, 1.807) is 6.92 Å². The van der Waals surface area contributed by atoms with Crippen molar-refractivity contribution in [3.63, 3.8) is 0 Å². The van der Waals surface area contributed by atoms with Gasteiger partial charge in [0.25, 0.3) is 5.69 Å². The van der Waals surface area contributed by atoms with Crippen molar-refractivity contribution in [1.29, 1.82) is 0 Å². The molecule has 6 heteroatoms. The van der Waals surface area contributed by atoms with E-state index < -0.39 is 10.9 Å². The summed E-state index contributed by atoms with van der Waals surface area (Å²) in [5, 5.41) is 23.0. The third-order valence-electron chi connectivity index (χ3n) is 3.27. The summed E-state index contributed by atoms with van der Waals surface area (Å²) < 4.78 is 0. The number of carbonyl (C=O) groups is 1. The Morgan fingerprint density at radius 2 is 2.17 bits per heavy atom. The van der Waals surface area contributed by atoms with Crippen LogP contribution in [0.2, 0.25) is 0 Å². The van der Waals surface area contributed by atoms with Gasteiger partial charge in [0.15, 0.2) is 0 Å². The molecular weight excluding hydrogens is 236 g/mol. The fraction of sp³-hybridized carbons (Fsp3) is 0.417. The zero-order chi connectivity index (χ0) is 13.4. The van der Waals surface area contributed by atoms with Gasteiger partial charge in [-0.2, -0.15) is 0 Å². The minimum Gasteiger partial charge on any atom is -0.478 e. The lowest BCUT2D eigenvalue weighted by atomic mass is 10.1. The van der Waals surface area contributed by atoms with Crippen molar-refractivity contribution in [3.05, 3.63) is 33.4 Å².